The van der Waals surface area contributed by atoms with Gasteiger partial charge < -0.3 is 4.48 Å². The van der Waals surface area contributed by atoms with E-state index in [9.17, 15) is 0 Å². The monoisotopic (exact) mass is 182 g/mol. The molecule has 0 amide bonds. The molecule has 0 saturated carbocycles. The summed E-state index contributed by atoms with van der Waals surface area (Å²) in [5, 5.41) is 0. The number of rotatable bonds is 0. The van der Waals surface area contributed by atoms with Crippen LogP contribution in [0.25, 0.3) is 0 Å². The molecule has 1 nitrogen and oxygen atoms in total. The molecule has 0 aromatic heterocycles. The number of hydrogen-bond donors (Lipinski definition) is 0. The minimum Gasteiger partial charge on any atom is -0.324 e. The molecule has 2 heterocycles. The number of hydrogen-bond acceptors (Lipinski definition) is 0. The van der Waals surface area contributed by atoms with Crippen molar-refractivity contribution in [3.05, 3.63) is 0 Å². The van der Waals surface area contributed by atoms with Crippen molar-refractivity contribution < 1.29 is 4.48 Å². The zero-order valence-corrected chi connectivity index (χ0v) is 9.31. The summed E-state index contributed by atoms with van der Waals surface area (Å²) in [5.74, 6) is 0. The quantitative estimate of drug-likeness (QED) is 0.505. The van der Waals surface area contributed by atoms with Gasteiger partial charge in [-0.2, -0.15) is 0 Å². The molecule has 76 valence electrons. The van der Waals surface area contributed by atoms with E-state index in [-0.39, 0.29) is 0 Å². The lowest BCUT2D eigenvalue weighted by Crippen LogP contribution is -2.56. The van der Waals surface area contributed by atoms with E-state index in [0.717, 1.165) is 0 Å². The molecule has 2 aliphatic heterocycles. The van der Waals surface area contributed by atoms with E-state index < -0.39 is 0 Å². The lowest BCUT2D eigenvalue weighted by Gasteiger charge is -2.48. The highest BCUT2D eigenvalue weighted by Gasteiger charge is 2.37. The molecular weight excluding hydrogens is 158 g/mol. The maximum Gasteiger partial charge on any atom is 0.0791 e. The molecule has 2 rings (SSSR count). The van der Waals surface area contributed by atoms with Crippen LogP contribution in [-0.4, -0.2) is 30.7 Å². The van der Waals surface area contributed by atoms with Gasteiger partial charge in [0.15, 0.2) is 0 Å². The van der Waals surface area contributed by atoms with Crippen LogP contribution in [0.15, 0.2) is 0 Å². The van der Waals surface area contributed by atoms with Crippen LogP contribution in [0.3, 0.4) is 0 Å². The summed E-state index contributed by atoms with van der Waals surface area (Å²) in [4.78, 5) is 0. The lowest BCUT2D eigenvalue weighted by atomic mass is 9.81. The predicted octanol–water partition coefficient (Wildman–Crippen LogP) is 2.81. The summed E-state index contributed by atoms with van der Waals surface area (Å²) >= 11 is 0. The summed E-state index contributed by atoms with van der Waals surface area (Å²) in [6.45, 7) is 10.8. The molecule has 0 radical (unpaired) electrons. The second-order valence-electron chi connectivity index (χ2n) is 5.96. The first-order chi connectivity index (χ1) is 6.12. The van der Waals surface area contributed by atoms with Crippen LogP contribution >= 0.6 is 0 Å². The van der Waals surface area contributed by atoms with E-state index >= 15 is 0 Å². The Morgan fingerprint density at radius 1 is 0.769 bits per heavy atom. The van der Waals surface area contributed by atoms with Gasteiger partial charge in [-0.25, -0.2) is 0 Å². The van der Waals surface area contributed by atoms with E-state index in [2.05, 4.69) is 13.8 Å². The van der Waals surface area contributed by atoms with E-state index in [4.69, 9.17) is 0 Å². The van der Waals surface area contributed by atoms with Gasteiger partial charge in [-0.1, -0.05) is 13.8 Å². The fraction of sp³-hybridized carbons (Fsp3) is 1.00. The Bertz CT molecular complexity index is 166. The second kappa shape index (κ2) is 3.27. The van der Waals surface area contributed by atoms with E-state index in [0.29, 0.717) is 5.41 Å². The maximum absolute atomic E-state index is 2.44. The van der Waals surface area contributed by atoms with E-state index in [1.54, 1.807) is 0 Å². The Hall–Kier alpha value is -0.0400. The summed E-state index contributed by atoms with van der Waals surface area (Å²) < 4.78 is 1.48. The van der Waals surface area contributed by atoms with E-state index in [1.165, 1.54) is 62.8 Å². The fourth-order valence-electron chi connectivity index (χ4n) is 2.95. The Morgan fingerprint density at radius 2 is 1.31 bits per heavy atom. The largest absolute Gasteiger partial charge is 0.324 e. The highest BCUT2D eigenvalue weighted by atomic mass is 15.4. The van der Waals surface area contributed by atoms with Crippen molar-refractivity contribution in [2.75, 3.05) is 26.2 Å². The van der Waals surface area contributed by atoms with Crippen molar-refractivity contribution in [2.45, 2.75) is 46.0 Å². The summed E-state index contributed by atoms with van der Waals surface area (Å²) in [6.07, 6.45) is 7.37. The van der Waals surface area contributed by atoms with Crippen molar-refractivity contribution in [3.8, 4) is 0 Å². The van der Waals surface area contributed by atoms with Crippen molar-refractivity contribution in [2.24, 2.45) is 5.41 Å². The van der Waals surface area contributed by atoms with Crippen LogP contribution in [0.5, 0.6) is 0 Å². The van der Waals surface area contributed by atoms with Crippen LogP contribution in [0.2, 0.25) is 0 Å². The highest BCUT2D eigenvalue weighted by molar-refractivity contribution is 4.73. The first-order valence-corrected chi connectivity index (χ1v) is 5.97. The molecule has 0 aromatic rings. The molecule has 0 aromatic carbocycles. The average molecular weight is 182 g/mol. The summed E-state index contributed by atoms with van der Waals surface area (Å²) in [5.41, 5.74) is 0.640. The van der Waals surface area contributed by atoms with Gasteiger partial charge in [0.2, 0.25) is 0 Å². The highest BCUT2D eigenvalue weighted by Crippen LogP contribution is 2.35. The summed E-state index contributed by atoms with van der Waals surface area (Å²) in [6, 6.07) is 0. The van der Waals surface area contributed by atoms with Crippen LogP contribution in [0.1, 0.15) is 46.0 Å². The Kier molecular flexibility index (Phi) is 2.39. The fourth-order valence-corrected chi connectivity index (χ4v) is 2.95. The van der Waals surface area contributed by atoms with Crippen LogP contribution in [-0.2, 0) is 0 Å². The smallest absolute Gasteiger partial charge is 0.0791 e. The predicted molar refractivity (Wildman–Crippen MR) is 56.6 cm³/mol. The number of quaternary nitrogens is 1. The van der Waals surface area contributed by atoms with E-state index in [1.807, 2.05) is 0 Å². The lowest BCUT2D eigenvalue weighted by molar-refractivity contribution is -0.938. The Labute approximate surface area is 82.7 Å². The van der Waals surface area contributed by atoms with Gasteiger partial charge in [-0.3, -0.25) is 0 Å². The first-order valence-electron chi connectivity index (χ1n) is 5.97. The molecule has 1 spiro atoms. The second-order valence-corrected chi connectivity index (χ2v) is 5.96. The van der Waals surface area contributed by atoms with Crippen molar-refractivity contribution in [1.29, 1.82) is 0 Å². The molecule has 2 aliphatic rings. The van der Waals surface area contributed by atoms with Gasteiger partial charge >= 0.3 is 0 Å². The van der Waals surface area contributed by atoms with Crippen molar-refractivity contribution in [1.82, 2.24) is 0 Å². The minimum absolute atomic E-state index is 0.640. The van der Waals surface area contributed by atoms with Gasteiger partial charge in [-0.15, -0.1) is 0 Å². The molecule has 0 aliphatic carbocycles. The Morgan fingerprint density at radius 3 is 1.85 bits per heavy atom. The molecule has 1 heteroatoms. The van der Waals surface area contributed by atoms with Gasteiger partial charge in [0, 0.05) is 12.8 Å². The van der Waals surface area contributed by atoms with Gasteiger partial charge in [-0.05, 0) is 24.7 Å². The maximum atomic E-state index is 2.44. The number of nitrogens with zero attached hydrogens (tertiary/aromatic N) is 1. The molecule has 0 atom stereocenters. The number of piperidine rings is 2. The average Bonchev–Trinajstić information content (AvgIpc) is 2.13. The van der Waals surface area contributed by atoms with Crippen LogP contribution < -0.4 is 0 Å². The molecule has 2 saturated heterocycles. The molecule has 0 bridgehead atoms. The van der Waals surface area contributed by atoms with Crippen LogP contribution in [0, 0.1) is 5.41 Å². The molecule has 0 N–H and O–H groups in total. The third-order valence-electron chi connectivity index (χ3n) is 4.29. The zero-order chi connectivity index (χ0) is 9.36. The van der Waals surface area contributed by atoms with Crippen molar-refractivity contribution >= 4 is 0 Å². The molecule has 13 heavy (non-hydrogen) atoms. The van der Waals surface area contributed by atoms with Crippen LogP contribution in [0.4, 0.5) is 0 Å². The first kappa shape index (κ1) is 9.51. The zero-order valence-electron chi connectivity index (χ0n) is 9.31. The SMILES string of the molecule is CC1(C)CC[N+]2(CCCCC2)CC1. The normalized spacial score (nSPS) is 31.8. The van der Waals surface area contributed by atoms with Gasteiger partial charge in [0.05, 0.1) is 26.2 Å². The Balaban J connectivity index is 1.95. The third-order valence-corrected chi connectivity index (χ3v) is 4.29. The topological polar surface area (TPSA) is 0 Å². The third kappa shape index (κ3) is 2.07. The van der Waals surface area contributed by atoms with Crippen molar-refractivity contribution in [3.63, 3.8) is 0 Å². The standard InChI is InChI=1S/C12H24N/c1-12(2)6-10-13(11-7-12)8-4-3-5-9-13/h3-11H2,1-2H3/q+1. The van der Waals surface area contributed by atoms with Gasteiger partial charge in [0.1, 0.15) is 0 Å². The van der Waals surface area contributed by atoms with Gasteiger partial charge in [0.25, 0.3) is 0 Å². The molecular formula is C12H24N+. The minimum atomic E-state index is 0.640. The summed E-state index contributed by atoms with van der Waals surface area (Å²) in [7, 11) is 0. The molecule has 2 fully saturated rings. The molecule has 0 unspecified atom stereocenters.